The lowest BCUT2D eigenvalue weighted by molar-refractivity contribution is -0.113. The Balaban J connectivity index is 1.57. The third kappa shape index (κ3) is 4.20. The molecule has 0 aliphatic carbocycles. The molecule has 144 valence electrons. The number of para-hydroxylation sites is 1. The lowest BCUT2D eigenvalue weighted by Crippen LogP contribution is -2.30. The highest BCUT2D eigenvalue weighted by molar-refractivity contribution is 7.99. The van der Waals surface area contributed by atoms with Gasteiger partial charge >= 0.3 is 0 Å². The number of nitrogens with zero attached hydrogens (tertiary/aromatic N) is 4. The molecule has 3 aromatic rings. The molecule has 1 aliphatic rings. The van der Waals surface area contributed by atoms with Crippen LogP contribution in [0.25, 0.3) is 11.2 Å². The number of nitrogens with one attached hydrogen (secondary N) is 1. The normalized spacial score (nSPS) is 16.4. The van der Waals surface area contributed by atoms with Crippen molar-refractivity contribution in [1.29, 1.82) is 0 Å². The first-order valence-electron chi connectivity index (χ1n) is 9.01. The fourth-order valence-corrected chi connectivity index (χ4v) is 3.84. The molecule has 1 unspecified atom stereocenters. The van der Waals surface area contributed by atoms with E-state index in [0.717, 1.165) is 18.5 Å². The van der Waals surface area contributed by atoms with Crippen LogP contribution in [0.4, 0.5) is 5.69 Å². The van der Waals surface area contributed by atoms with Gasteiger partial charge in [0, 0.05) is 24.7 Å². The molecule has 0 saturated carbocycles. The summed E-state index contributed by atoms with van der Waals surface area (Å²) in [6, 6.07) is 9.23. The van der Waals surface area contributed by atoms with Gasteiger partial charge in [0.15, 0.2) is 16.3 Å². The number of rotatable bonds is 6. The fourth-order valence-electron chi connectivity index (χ4n) is 3.04. The Morgan fingerprint density at radius 3 is 2.86 bits per heavy atom. The third-order valence-corrected chi connectivity index (χ3v) is 5.34. The Morgan fingerprint density at radius 2 is 2.07 bits per heavy atom. The van der Waals surface area contributed by atoms with Crippen molar-refractivity contribution in [3.05, 3.63) is 53.1 Å². The fraction of sp³-hybridized carbons (Fsp3) is 0.316. The quantitative estimate of drug-likeness (QED) is 0.502. The maximum atomic E-state index is 12.9. The van der Waals surface area contributed by atoms with Gasteiger partial charge in [-0.2, -0.15) is 0 Å². The molecule has 1 aromatic carbocycles. The van der Waals surface area contributed by atoms with E-state index in [0.29, 0.717) is 18.3 Å². The lowest BCUT2D eigenvalue weighted by Gasteiger charge is -2.15. The second-order valence-electron chi connectivity index (χ2n) is 6.38. The van der Waals surface area contributed by atoms with Gasteiger partial charge in [-0.15, -0.1) is 0 Å². The van der Waals surface area contributed by atoms with E-state index in [-0.39, 0.29) is 34.5 Å². The summed E-state index contributed by atoms with van der Waals surface area (Å²) in [6.45, 7) is 1.09. The molecule has 28 heavy (non-hydrogen) atoms. The number of hydrogen-bond donors (Lipinski definition) is 1. The molecule has 2 aromatic heterocycles. The summed E-state index contributed by atoms with van der Waals surface area (Å²) in [4.78, 5) is 37.9. The van der Waals surface area contributed by atoms with Gasteiger partial charge in [-0.1, -0.05) is 30.0 Å². The minimum atomic E-state index is -0.264. The monoisotopic (exact) mass is 397 g/mol. The van der Waals surface area contributed by atoms with E-state index in [1.165, 1.54) is 24.2 Å². The smallest absolute Gasteiger partial charge is 0.282 e. The molecular formula is C19H19N5O3S. The van der Waals surface area contributed by atoms with Gasteiger partial charge in [-0.25, -0.2) is 15.0 Å². The number of thioether (sulfide) groups is 1. The van der Waals surface area contributed by atoms with Crippen molar-refractivity contribution in [2.24, 2.45) is 0 Å². The van der Waals surface area contributed by atoms with Gasteiger partial charge in [0.05, 0.1) is 18.4 Å². The SMILES string of the molecule is O=C(CSc1nc2nccnc2c(=O)n1CC1CCCO1)Nc1ccccc1. The number of amides is 1. The summed E-state index contributed by atoms with van der Waals surface area (Å²) in [5.41, 5.74) is 0.961. The average molecular weight is 397 g/mol. The second kappa shape index (κ2) is 8.49. The van der Waals surface area contributed by atoms with Crippen molar-refractivity contribution in [3.63, 3.8) is 0 Å². The first-order valence-corrected chi connectivity index (χ1v) is 10.00. The van der Waals surface area contributed by atoms with Crippen LogP contribution in [0.2, 0.25) is 0 Å². The van der Waals surface area contributed by atoms with E-state index < -0.39 is 0 Å². The number of anilines is 1. The van der Waals surface area contributed by atoms with Crippen molar-refractivity contribution < 1.29 is 9.53 Å². The zero-order valence-corrected chi connectivity index (χ0v) is 15.9. The van der Waals surface area contributed by atoms with E-state index in [2.05, 4.69) is 20.3 Å². The maximum absolute atomic E-state index is 12.9. The Labute approximate surface area is 165 Å². The molecule has 4 rings (SSSR count). The standard InChI is InChI=1S/C19H19N5O3S/c25-15(22-13-5-2-1-3-6-13)12-28-19-23-17-16(20-8-9-21-17)18(26)24(19)11-14-7-4-10-27-14/h1-3,5-6,8-9,14H,4,7,10-12H2,(H,22,25). The average Bonchev–Trinajstić information content (AvgIpc) is 3.23. The van der Waals surface area contributed by atoms with Crippen molar-refractivity contribution in [3.8, 4) is 0 Å². The van der Waals surface area contributed by atoms with Crippen molar-refractivity contribution in [1.82, 2.24) is 19.5 Å². The Bertz CT molecular complexity index is 1030. The topological polar surface area (TPSA) is 99.0 Å². The number of carbonyl (C=O) groups is 1. The van der Waals surface area contributed by atoms with Gasteiger partial charge in [0.1, 0.15) is 0 Å². The number of benzene rings is 1. The zero-order valence-electron chi connectivity index (χ0n) is 15.1. The van der Waals surface area contributed by atoms with Crippen LogP contribution in [-0.2, 0) is 16.1 Å². The molecule has 1 N–H and O–H groups in total. The predicted octanol–water partition coefficient (Wildman–Crippen LogP) is 2.10. The Morgan fingerprint density at radius 1 is 1.25 bits per heavy atom. The van der Waals surface area contributed by atoms with Gasteiger partial charge in [0.25, 0.3) is 5.56 Å². The summed E-state index contributed by atoms with van der Waals surface area (Å²) in [5, 5.41) is 3.27. The highest BCUT2D eigenvalue weighted by Gasteiger charge is 2.21. The van der Waals surface area contributed by atoms with Gasteiger partial charge in [-0.05, 0) is 25.0 Å². The van der Waals surface area contributed by atoms with Gasteiger partial charge in [-0.3, -0.25) is 14.2 Å². The lowest BCUT2D eigenvalue weighted by atomic mass is 10.2. The first-order chi connectivity index (χ1) is 13.7. The molecule has 0 spiro atoms. The van der Waals surface area contributed by atoms with Crippen LogP contribution < -0.4 is 10.9 Å². The molecular weight excluding hydrogens is 378 g/mol. The molecule has 3 heterocycles. The molecule has 9 heteroatoms. The van der Waals surface area contributed by atoms with Crippen LogP contribution in [0, 0.1) is 0 Å². The van der Waals surface area contributed by atoms with Crippen LogP contribution in [0.15, 0.2) is 52.7 Å². The number of fused-ring (bicyclic) bond motifs is 1. The van der Waals surface area contributed by atoms with Crippen molar-refractivity contribution >= 4 is 34.5 Å². The number of hydrogen-bond acceptors (Lipinski definition) is 7. The summed E-state index contributed by atoms with van der Waals surface area (Å²) < 4.78 is 7.22. The maximum Gasteiger partial charge on any atom is 0.282 e. The zero-order chi connectivity index (χ0) is 19.3. The minimum absolute atomic E-state index is 0.0360. The largest absolute Gasteiger partial charge is 0.376 e. The van der Waals surface area contributed by atoms with Crippen molar-refractivity contribution in [2.45, 2.75) is 30.6 Å². The van der Waals surface area contributed by atoms with Crippen LogP contribution in [0.3, 0.4) is 0 Å². The van der Waals surface area contributed by atoms with Gasteiger partial charge in [0.2, 0.25) is 5.91 Å². The molecule has 1 fully saturated rings. The van der Waals surface area contributed by atoms with Crippen molar-refractivity contribution in [2.75, 3.05) is 17.7 Å². The summed E-state index contributed by atoms with van der Waals surface area (Å²) >= 11 is 1.20. The number of aromatic nitrogens is 4. The molecule has 1 atom stereocenters. The summed E-state index contributed by atoms with van der Waals surface area (Å²) in [5.74, 6) is -0.0492. The second-order valence-corrected chi connectivity index (χ2v) is 7.32. The molecule has 1 aliphatic heterocycles. The van der Waals surface area contributed by atoms with E-state index in [9.17, 15) is 9.59 Å². The number of carbonyl (C=O) groups excluding carboxylic acids is 1. The predicted molar refractivity (Wildman–Crippen MR) is 106 cm³/mol. The van der Waals surface area contributed by atoms with E-state index >= 15 is 0 Å². The van der Waals surface area contributed by atoms with Crippen LogP contribution >= 0.6 is 11.8 Å². The number of ether oxygens (including phenoxy) is 1. The molecule has 0 bridgehead atoms. The van der Waals surface area contributed by atoms with Crippen LogP contribution in [-0.4, -0.2) is 43.9 Å². The highest BCUT2D eigenvalue weighted by Crippen LogP contribution is 2.20. The third-order valence-electron chi connectivity index (χ3n) is 4.36. The Kier molecular flexibility index (Phi) is 5.63. The molecule has 1 saturated heterocycles. The Hall–Kier alpha value is -2.78. The summed E-state index contributed by atoms with van der Waals surface area (Å²) in [7, 11) is 0. The van der Waals surface area contributed by atoms with E-state index in [1.54, 1.807) is 4.57 Å². The van der Waals surface area contributed by atoms with E-state index in [1.807, 2.05) is 30.3 Å². The van der Waals surface area contributed by atoms with Crippen LogP contribution in [0.1, 0.15) is 12.8 Å². The molecule has 0 radical (unpaired) electrons. The minimum Gasteiger partial charge on any atom is -0.376 e. The molecule has 8 nitrogen and oxygen atoms in total. The highest BCUT2D eigenvalue weighted by atomic mass is 32.2. The van der Waals surface area contributed by atoms with E-state index in [4.69, 9.17) is 4.74 Å². The molecule has 1 amide bonds. The summed E-state index contributed by atoms with van der Waals surface area (Å²) in [6.07, 6.45) is 4.80. The van der Waals surface area contributed by atoms with Crippen LogP contribution in [0.5, 0.6) is 0 Å². The van der Waals surface area contributed by atoms with Gasteiger partial charge < -0.3 is 10.1 Å². The first kappa shape index (κ1) is 18.6.